The van der Waals surface area contributed by atoms with Gasteiger partial charge in [-0.25, -0.2) is 0 Å². The monoisotopic (exact) mass is 145 g/mol. The van der Waals surface area contributed by atoms with E-state index in [0.717, 1.165) is 6.61 Å². The third-order valence-corrected chi connectivity index (χ3v) is 1.55. The van der Waals surface area contributed by atoms with Crippen LogP contribution in [0.25, 0.3) is 0 Å². The van der Waals surface area contributed by atoms with Crippen molar-refractivity contribution in [2.75, 3.05) is 6.61 Å². The van der Waals surface area contributed by atoms with E-state index in [2.05, 4.69) is 13.8 Å². The van der Waals surface area contributed by atoms with Crippen molar-refractivity contribution in [3.05, 3.63) is 12.3 Å². The molecule has 0 bridgehead atoms. The SMILES string of the molecule is CC1(C)C=CO[P]OC1. The third kappa shape index (κ3) is 2.33. The molecule has 51 valence electrons. The van der Waals surface area contributed by atoms with Crippen molar-refractivity contribution in [1.82, 2.24) is 0 Å². The van der Waals surface area contributed by atoms with Gasteiger partial charge < -0.3 is 9.05 Å². The van der Waals surface area contributed by atoms with Gasteiger partial charge in [0.05, 0.1) is 12.9 Å². The van der Waals surface area contributed by atoms with Crippen molar-refractivity contribution in [2.45, 2.75) is 13.8 Å². The van der Waals surface area contributed by atoms with Crippen LogP contribution >= 0.6 is 9.03 Å². The van der Waals surface area contributed by atoms with Crippen LogP contribution < -0.4 is 0 Å². The second-order valence-corrected chi connectivity index (χ2v) is 3.36. The summed E-state index contributed by atoms with van der Waals surface area (Å²) in [5, 5.41) is 0. The average molecular weight is 145 g/mol. The van der Waals surface area contributed by atoms with E-state index in [0.29, 0.717) is 9.03 Å². The van der Waals surface area contributed by atoms with Crippen molar-refractivity contribution in [3.8, 4) is 0 Å². The quantitative estimate of drug-likeness (QED) is 0.487. The van der Waals surface area contributed by atoms with E-state index in [4.69, 9.17) is 9.05 Å². The zero-order valence-corrected chi connectivity index (χ0v) is 6.52. The van der Waals surface area contributed by atoms with Gasteiger partial charge in [-0.05, 0) is 6.08 Å². The molecule has 0 aromatic carbocycles. The molecular weight excluding hydrogens is 135 g/mol. The van der Waals surface area contributed by atoms with Gasteiger partial charge in [-0.15, -0.1) is 0 Å². The van der Waals surface area contributed by atoms with E-state index in [1.807, 2.05) is 6.08 Å². The highest BCUT2D eigenvalue weighted by Gasteiger charge is 2.16. The van der Waals surface area contributed by atoms with E-state index in [1.165, 1.54) is 0 Å². The molecule has 1 radical (unpaired) electrons. The van der Waals surface area contributed by atoms with Crippen molar-refractivity contribution >= 4 is 9.03 Å². The van der Waals surface area contributed by atoms with Crippen LogP contribution in [0.2, 0.25) is 0 Å². The molecule has 0 aliphatic carbocycles. The molecule has 0 saturated heterocycles. The molecule has 0 aromatic rings. The average Bonchev–Trinajstić information content (AvgIpc) is 1.92. The Morgan fingerprint density at radius 1 is 1.56 bits per heavy atom. The molecule has 2 nitrogen and oxygen atoms in total. The molecule has 1 aliphatic heterocycles. The Balaban J connectivity index is 2.52. The summed E-state index contributed by atoms with van der Waals surface area (Å²) < 4.78 is 10.00. The summed E-state index contributed by atoms with van der Waals surface area (Å²) in [4.78, 5) is 0. The minimum Gasteiger partial charge on any atom is -0.449 e. The summed E-state index contributed by atoms with van der Waals surface area (Å²) in [7, 11) is 0.603. The van der Waals surface area contributed by atoms with Crippen LogP contribution in [0.15, 0.2) is 12.3 Å². The first-order valence-corrected chi connectivity index (χ1v) is 3.60. The van der Waals surface area contributed by atoms with Gasteiger partial charge in [-0.2, -0.15) is 0 Å². The van der Waals surface area contributed by atoms with E-state index in [9.17, 15) is 0 Å². The highest BCUT2D eigenvalue weighted by molar-refractivity contribution is 7.26. The smallest absolute Gasteiger partial charge is 0.329 e. The van der Waals surface area contributed by atoms with Crippen LogP contribution in [0.5, 0.6) is 0 Å². The molecule has 0 amide bonds. The minimum atomic E-state index is 0.128. The molecule has 0 aromatic heterocycles. The second kappa shape index (κ2) is 2.68. The number of rotatable bonds is 0. The molecule has 0 unspecified atom stereocenters. The van der Waals surface area contributed by atoms with Crippen LogP contribution in [-0.2, 0) is 9.05 Å². The molecule has 9 heavy (non-hydrogen) atoms. The van der Waals surface area contributed by atoms with E-state index >= 15 is 0 Å². The van der Waals surface area contributed by atoms with Gasteiger partial charge in [-0.3, -0.25) is 0 Å². The van der Waals surface area contributed by atoms with Crippen LogP contribution in [0.3, 0.4) is 0 Å². The van der Waals surface area contributed by atoms with Crippen LogP contribution in [0, 0.1) is 5.41 Å². The topological polar surface area (TPSA) is 18.5 Å². The summed E-state index contributed by atoms with van der Waals surface area (Å²) >= 11 is 0. The Morgan fingerprint density at radius 3 is 3.11 bits per heavy atom. The predicted molar refractivity (Wildman–Crippen MR) is 36.9 cm³/mol. The fourth-order valence-corrected chi connectivity index (χ4v) is 1.07. The van der Waals surface area contributed by atoms with Crippen molar-refractivity contribution in [2.24, 2.45) is 5.41 Å². The summed E-state index contributed by atoms with van der Waals surface area (Å²) in [6.07, 6.45) is 3.70. The zero-order valence-electron chi connectivity index (χ0n) is 5.63. The van der Waals surface area contributed by atoms with Crippen LogP contribution in [0.4, 0.5) is 0 Å². The van der Waals surface area contributed by atoms with Crippen molar-refractivity contribution in [3.63, 3.8) is 0 Å². The first kappa shape index (κ1) is 7.04. The first-order chi connectivity index (χ1) is 4.21. The van der Waals surface area contributed by atoms with Gasteiger partial charge >= 0.3 is 9.03 Å². The predicted octanol–water partition coefficient (Wildman–Crippen LogP) is 2.35. The lowest BCUT2D eigenvalue weighted by Gasteiger charge is -2.14. The van der Waals surface area contributed by atoms with Gasteiger partial charge in [0.15, 0.2) is 0 Å². The Hall–Kier alpha value is -0.0700. The molecule has 0 spiro atoms. The van der Waals surface area contributed by atoms with Crippen molar-refractivity contribution in [1.29, 1.82) is 0 Å². The highest BCUT2D eigenvalue weighted by atomic mass is 31.1. The number of hydrogen-bond acceptors (Lipinski definition) is 2. The second-order valence-electron chi connectivity index (χ2n) is 2.74. The molecule has 0 saturated carbocycles. The van der Waals surface area contributed by atoms with Gasteiger partial charge in [0.1, 0.15) is 0 Å². The van der Waals surface area contributed by atoms with Gasteiger partial charge in [0.2, 0.25) is 0 Å². The van der Waals surface area contributed by atoms with E-state index in [1.54, 1.807) is 6.26 Å². The Labute approximate surface area is 57.2 Å². The maximum Gasteiger partial charge on any atom is 0.329 e. The maximum atomic E-state index is 5.10. The standard InChI is InChI=1S/C6H10O2P/c1-6(2)3-4-7-9-8-5-6/h3-4H,5H2,1-2H3. The summed E-state index contributed by atoms with van der Waals surface area (Å²) in [6.45, 7) is 4.94. The van der Waals surface area contributed by atoms with Crippen LogP contribution in [0.1, 0.15) is 13.8 Å². The van der Waals surface area contributed by atoms with Gasteiger partial charge in [0.25, 0.3) is 0 Å². The highest BCUT2D eigenvalue weighted by Crippen LogP contribution is 2.27. The lowest BCUT2D eigenvalue weighted by atomic mass is 9.95. The zero-order chi connectivity index (χ0) is 6.74. The Bertz CT molecular complexity index is 120. The fourth-order valence-electron chi connectivity index (χ4n) is 0.511. The summed E-state index contributed by atoms with van der Waals surface area (Å²) in [5.41, 5.74) is 0.128. The van der Waals surface area contributed by atoms with Gasteiger partial charge in [-0.1, -0.05) is 13.8 Å². The van der Waals surface area contributed by atoms with Crippen molar-refractivity contribution < 1.29 is 9.05 Å². The lowest BCUT2D eigenvalue weighted by molar-refractivity contribution is 0.241. The van der Waals surface area contributed by atoms with E-state index in [-0.39, 0.29) is 5.41 Å². The largest absolute Gasteiger partial charge is 0.449 e. The van der Waals surface area contributed by atoms with Gasteiger partial charge in [0, 0.05) is 5.41 Å². The lowest BCUT2D eigenvalue weighted by Crippen LogP contribution is -2.12. The summed E-state index contributed by atoms with van der Waals surface area (Å²) in [6, 6.07) is 0. The molecule has 1 rings (SSSR count). The third-order valence-electron chi connectivity index (χ3n) is 1.11. The van der Waals surface area contributed by atoms with E-state index < -0.39 is 0 Å². The summed E-state index contributed by atoms with van der Waals surface area (Å²) in [5.74, 6) is 0. The molecular formula is C6H10O2P. The molecule has 0 N–H and O–H groups in total. The Morgan fingerprint density at radius 2 is 2.33 bits per heavy atom. The molecule has 0 atom stereocenters. The first-order valence-electron chi connectivity index (χ1n) is 2.87. The molecule has 3 heteroatoms. The minimum absolute atomic E-state index is 0.128. The maximum absolute atomic E-state index is 5.10. The number of hydrogen-bond donors (Lipinski definition) is 0. The Kier molecular flexibility index (Phi) is 2.09. The fraction of sp³-hybridized carbons (Fsp3) is 0.667. The normalized spacial score (nSPS) is 27.3. The molecule has 0 fully saturated rings. The van der Waals surface area contributed by atoms with Crippen LogP contribution in [-0.4, -0.2) is 6.61 Å². The molecule has 1 heterocycles. The molecule has 1 aliphatic rings.